The van der Waals surface area contributed by atoms with E-state index in [9.17, 15) is 0 Å². The van der Waals surface area contributed by atoms with Gasteiger partial charge in [0.25, 0.3) is 0 Å². The predicted octanol–water partition coefficient (Wildman–Crippen LogP) is 12.0. The average Bonchev–Trinajstić information content (AvgIpc) is 3.52. The van der Waals surface area contributed by atoms with E-state index in [0.29, 0.717) is 0 Å². The fraction of sp³-hybridized carbons (Fsp3) is 0. The molecule has 10 aromatic rings. The molecule has 0 aliphatic heterocycles. The van der Waals surface area contributed by atoms with Gasteiger partial charge in [-0.05, 0) is 63.4 Å². The Morgan fingerprint density at radius 1 is 0.367 bits per heavy atom. The van der Waals surface area contributed by atoms with E-state index < -0.39 is 0 Å². The van der Waals surface area contributed by atoms with Crippen molar-refractivity contribution in [2.45, 2.75) is 0 Å². The summed E-state index contributed by atoms with van der Waals surface area (Å²) in [6.07, 6.45) is 1.91. The summed E-state index contributed by atoms with van der Waals surface area (Å²) in [7, 11) is 0. The molecule has 0 N–H and O–H groups in total. The van der Waals surface area contributed by atoms with Crippen LogP contribution in [-0.4, -0.2) is 14.5 Å². The second kappa shape index (κ2) is 11.0. The number of aromatic nitrogens is 3. The summed E-state index contributed by atoms with van der Waals surface area (Å²) in [5.41, 5.74) is 12.1. The lowest BCUT2D eigenvalue weighted by Crippen LogP contribution is -1.93. The number of hydrogen-bond donors (Lipinski definition) is 0. The maximum atomic E-state index is 5.20. The first-order chi connectivity index (χ1) is 24.3. The monoisotopic (exact) mass is 623 g/mol. The molecular formula is C46H29N3. The molecule has 0 aliphatic rings. The zero-order valence-corrected chi connectivity index (χ0v) is 26.6. The van der Waals surface area contributed by atoms with Crippen LogP contribution in [0.4, 0.5) is 0 Å². The number of nitrogens with zero attached hydrogens (tertiary/aromatic N) is 3. The van der Waals surface area contributed by atoms with E-state index in [4.69, 9.17) is 9.97 Å². The van der Waals surface area contributed by atoms with Gasteiger partial charge in [-0.25, -0.2) is 4.98 Å². The van der Waals surface area contributed by atoms with Crippen LogP contribution >= 0.6 is 0 Å². The van der Waals surface area contributed by atoms with Crippen LogP contribution in [0.1, 0.15) is 0 Å². The van der Waals surface area contributed by atoms with E-state index in [0.717, 1.165) is 38.6 Å². The van der Waals surface area contributed by atoms with Gasteiger partial charge >= 0.3 is 0 Å². The third kappa shape index (κ3) is 4.37. The van der Waals surface area contributed by atoms with E-state index in [-0.39, 0.29) is 0 Å². The first-order valence-electron chi connectivity index (χ1n) is 16.7. The molecular weight excluding hydrogens is 595 g/mol. The topological polar surface area (TPSA) is 30.7 Å². The molecule has 3 nitrogen and oxygen atoms in total. The molecule has 0 saturated heterocycles. The minimum absolute atomic E-state index is 0.869. The highest BCUT2D eigenvalue weighted by molar-refractivity contribution is 6.23. The van der Waals surface area contributed by atoms with Gasteiger partial charge in [0.1, 0.15) is 0 Å². The van der Waals surface area contributed by atoms with Crippen LogP contribution in [0.2, 0.25) is 0 Å². The van der Waals surface area contributed by atoms with Crippen molar-refractivity contribution in [3.8, 4) is 39.2 Å². The largest absolute Gasteiger partial charge is 0.309 e. The third-order valence-electron chi connectivity index (χ3n) is 9.84. The normalized spacial score (nSPS) is 11.7. The second-order valence-corrected chi connectivity index (χ2v) is 12.6. The molecule has 0 amide bonds. The Balaban J connectivity index is 1.07. The van der Waals surface area contributed by atoms with E-state index in [1.165, 1.54) is 55.0 Å². The third-order valence-corrected chi connectivity index (χ3v) is 9.84. The Labute approximate surface area is 283 Å². The van der Waals surface area contributed by atoms with Crippen molar-refractivity contribution in [1.29, 1.82) is 0 Å². The van der Waals surface area contributed by atoms with E-state index in [1.54, 1.807) is 0 Å². The Morgan fingerprint density at radius 2 is 0.898 bits per heavy atom. The fourth-order valence-corrected chi connectivity index (χ4v) is 7.56. The van der Waals surface area contributed by atoms with Gasteiger partial charge in [-0.15, -0.1) is 0 Å². The van der Waals surface area contributed by atoms with Crippen molar-refractivity contribution in [2.75, 3.05) is 0 Å². The van der Waals surface area contributed by atoms with Crippen molar-refractivity contribution in [3.63, 3.8) is 0 Å². The van der Waals surface area contributed by atoms with Crippen molar-refractivity contribution in [2.24, 2.45) is 0 Å². The number of hydrogen-bond acceptors (Lipinski definition) is 2. The molecule has 0 saturated carbocycles. The SMILES string of the molecule is c1ccc(-n2c3ccccc3c3cc(-c4ccccc4-c4ccc(-c5cnc6c7ccccc7c7ccccc7c6n5)cc4)ccc32)cc1. The van der Waals surface area contributed by atoms with Gasteiger partial charge in [0.2, 0.25) is 0 Å². The highest BCUT2D eigenvalue weighted by atomic mass is 15.0. The van der Waals surface area contributed by atoms with E-state index in [2.05, 4.69) is 174 Å². The first-order valence-corrected chi connectivity index (χ1v) is 16.7. The van der Waals surface area contributed by atoms with Crippen LogP contribution in [0.3, 0.4) is 0 Å². The van der Waals surface area contributed by atoms with Gasteiger partial charge < -0.3 is 4.57 Å². The van der Waals surface area contributed by atoms with Crippen molar-refractivity contribution >= 4 is 54.4 Å². The summed E-state index contributed by atoms with van der Waals surface area (Å²) in [4.78, 5) is 10.2. The standard InChI is InChI=1S/C46H29N3/c1-2-12-33(13-3-1)49-43-21-11-10-18-38(43)41-28-32(26-27-44(41)49)35-15-5-4-14-34(35)30-22-24-31(25-23-30)42-29-47-45-39-19-8-6-16-36(39)37-17-7-9-20-40(37)46(45)48-42/h1-29H. The summed E-state index contributed by atoms with van der Waals surface area (Å²) < 4.78 is 2.36. The molecule has 8 aromatic carbocycles. The molecule has 228 valence electrons. The smallest absolute Gasteiger partial charge is 0.0979 e. The predicted molar refractivity (Wildman–Crippen MR) is 205 cm³/mol. The zero-order chi connectivity index (χ0) is 32.3. The highest BCUT2D eigenvalue weighted by Crippen LogP contribution is 2.39. The lowest BCUT2D eigenvalue weighted by atomic mass is 9.93. The van der Waals surface area contributed by atoms with Crippen LogP contribution in [-0.2, 0) is 0 Å². The van der Waals surface area contributed by atoms with Crippen molar-refractivity contribution in [3.05, 3.63) is 176 Å². The van der Waals surface area contributed by atoms with Crippen LogP contribution in [0.25, 0.3) is 93.6 Å². The molecule has 0 unspecified atom stereocenters. The van der Waals surface area contributed by atoms with E-state index in [1.807, 2.05) is 6.20 Å². The lowest BCUT2D eigenvalue weighted by molar-refractivity contribution is 1.18. The van der Waals surface area contributed by atoms with Gasteiger partial charge in [-0.3, -0.25) is 4.98 Å². The molecule has 2 heterocycles. The van der Waals surface area contributed by atoms with Gasteiger partial charge in [0.15, 0.2) is 0 Å². The van der Waals surface area contributed by atoms with Crippen molar-refractivity contribution < 1.29 is 0 Å². The number of rotatable bonds is 4. The summed E-state index contributed by atoms with van der Waals surface area (Å²) in [6.45, 7) is 0. The fourth-order valence-electron chi connectivity index (χ4n) is 7.56. The molecule has 0 fully saturated rings. The number of benzene rings is 8. The molecule has 0 atom stereocenters. The van der Waals surface area contributed by atoms with Crippen LogP contribution in [0, 0.1) is 0 Å². The Morgan fingerprint density at radius 3 is 1.63 bits per heavy atom. The molecule has 0 aliphatic carbocycles. The molecule has 3 heteroatoms. The lowest BCUT2D eigenvalue weighted by Gasteiger charge is -2.13. The Bertz CT molecular complexity index is 2830. The quantitative estimate of drug-likeness (QED) is 0.183. The minimum Gasteiger partial charge on any atom is -0.309 e. The van der Waals surface area contributed by atoms with Crippen LogP contribution < -0.4 is 0 Å². The maximum absolute atomic E-state index is 5.20. The molecule has 10 rings (SSSR count). The van der Waals surface area contributed by atoms with Crippen LogP contribution in [0.5, 0.6) is 0 Å². The average molecular weight is 624 g/mol. The molecule has 0 bridgehead atoms. The summed E-state index contributed by atoms with van der Waals surface area (Å²) in [5, 5.41) is 7.16. The van der Waals surface area contributed by atoms with Gasteiger partial charge in [0, 0.05) is 32.8 Å². The van der Waals surface area contributed by atoms with Crippen LogP contribution in [0.15, 0.2) is 176 Å². The summed E-state index contributed by atoms with van der Waals surface area (Å²) in [6, 6.07) is 60.6. The summed E-state index contributed by atoms with van der Waals surface area (Å²) >= 11 is 0. The highest BCUT2D eigenvalue weighted by Gasteiger charge is 2.16. The molecule has 49 heavy (non-hydrogen) atoms. The molecule has 0 spiro atoms. The number of fused-ring (bicyclic) bond motifs is 9. The summed E-state index contributed by atoms with van der Waals surface area (Å²) in [5.74, 6) is 0. The van der Waals surface area contributed by atoms with Gasteiger partial charge in [-0.1, -0.05) is 140 Å². The first kappa shape index (κ1) is 27.5. The van der Waals surface area contributed by atoms with Gasteiger partial charge in [-0.2, -0.15) is 0 Å². The van der Waals surface area contributed by atoms with E-state index >= 15 is 0 Å². The zero-order valence-electron chi connectivity index (χ0n) is 26.6. The van der Waals surface area contributed by atoms with Gasteiger partial charge in [0.05, 0.1) is 34.0 Å². The van der Waals surface area contributed by atoms with Crippen molar-refractivity contribution in [1.82, 2.24) is 14.5 Å². The Kier molecular flexibility index (Phi) is 6.18. The second-order valence-electron chi connectivity index (χ2n) is 12.6. The molecule has 0 radical (unpaired) electrons. The number of para-hydroxylation sites is 2. The maximum Gasteiger partial charge on any atom is 0.0979 e. The Hall–Kier alpha value is -6.58. The minimum atomic E-state index is 0.869. The molecule has 2 aromatic heterocycles.